The number of carboxylic acid groups (broad SMARTS) is 1. The van der Waals surface area contributed by atoms with Crippen LogP contribution in [-0.2, 0) is 16.0 Å². The lowest BCUT2D eigenvalue weighted by molar-refractivity contribution is -0.149. The summed E-state index contributed by atoms with van der Waals surface area (Å²) < 4.78 is 0. The first-order chi connectivity index (χ1) is 10.4. The molecule has 0 unspecified atom stereocenters. The molecule has 22 heavy (non-hydrogen) atoms. The first-order valence-corrected chi connectivity index (χ1v) is 8.00. The number of rotatable bonds is 3. The van der Waals surface area contributed by atoms with E-state index in [1.165, 1.54) is 0 Å². The number of fused-ring (bicyclic) bond motifs is 1. The molecule has 1 aliphatic carbocycles. The Morgan fingerprint density at radius 1 is 1.36 bits per heavy atom. The van der Waals surface area contributed by atoms with Crippen LogP contribution in [-0.4, -0.2) is 35.0 Å². The van der Waals surface area contributed by atoms with E-state index in [9.17, 15) is 14.7 Å². The average Bonchev–Trinajstić information content (AvgIpc) is 3.00. The van der Waals surface area contributed by atoms with E-state index in [2.05, 4.69) is 6.07 Å². The lowest BCUT2D eigenvalue weighted by Gasteiger charge is -2.23. The number of hydrogen-bond acceptors (Lipinski definition) is 2. The highest BCUT2D eigenvalue weighted by Crippen LogP contribution is 2.48. The van der Waals surface area contributed by atoms with Gasteiger partial charge in [-0.15, -0.1) is 0 Å². The van der Waals surface area contributed by atoms with Crippen molar-refractivity contribution in [3.8, 4) is 0 Å². The highest BCUT2D eigenvalue weighted by molar-refractivity contribution is 5.83. The second kappa shape index (κ2) is 5.41. The number of benzene rings is 1. The Bertz CT molecular complexity index is 625. The van der Waals surface area contributed by atoms with Crippen LogP contribution in [0.15, 0.2) is 18.2 Å². The second-order valence-corrected chi connectivity index (χ2v) is 6.93. The molecule has 4 heteroatoms. The molecule has 1 N–H and O–H groups in total. The predicted molar refractivity (Wildman–Crippen MR) is 83.6 cm³/mol. The van der Waals surface area contributed by atoms with Crippen LogP contribution in [0.4, 0.5) is 0 Å². The summed E-state index contributed by atoms with van der Waals surface area (Å²) in [7, 11) is 0. The summed E-state index contributed by atoms with van der Waals surface area (Å²) in [6.45, 7) is 5.03. The molecular weight excluding hydrogens is 278 g/mol. The van der Waals surface area contributed by atoms with Gasteiger partial charge in [0.25, 0.3) is 0 Å². The van der Waals surface area contributed by atoms with E-state index in [1.54, 1.807) is 4.90 Å². The zero-order chi connectivity index (χ0) is 15.9. The zero-order valence-electron chi connectivity index (χ0n) is 13.3. The highest BCUT2D eigenvalue weighted by atomic mass is 16.4. The molecule has 1 amide bonds. The molecule has 0 bridgehead atoms. The van der Waals surface area contributed by atoms with Crippen LogP contribution in [0.2, 0.25) is 0 Å². The molecule has 3 rings (SSSR count). The number of aryl methyl sites for hydroxylation is 2. The molecule has 1 aromatic rings. The van der Waals surface area contributed by atoms with Crippen molar-refractivity contribution < 1.29 is 14.7 Å². The smallest absolute Gasteiger partial charge is 0.311 e. The highest BCUT2D eigenvalue weighted by Gasteiger charge is 2.55. The molecule has 118 valence electrons. The number of amides is 1. The van der Waals surface area contributed by atoms with E-state index < -0.39 is 11.4 Å². The maximum Gasteiger partial charge on any atom is 0.311 e. The van der Waals surface area contributed by atoms with Crippen molar-refractivity contribution in [2.24, 2.45) is 11.3 Å². The molecular formula is C18H23NO3. The van der Waals surface area contributed by atoms with Crippen LogP contribution in [0.25, 0.3) is 0 Å². The topological polar surface area (TPSA) is 57.6 Å². The molecule has 1 aromatic carbocycles. The van der Waals surface area contributed by atoms with Crippen molar-refractivity contribution in [2.75, 3.05) is 13.1 Å². The number of aliphatic carboxylic acids is 1. The monoisotopic (exact) mass is 301 g/mol. The first-order valence-electron chi connectivity index (χ1n) is 8.00. The van der Waals surface area contributed by atoms with Crippen LogP contribution in [0.5, 0.6) is 0 Å². The summed E-state index contributed by atoms with van der Waals surface area (Å²) in [4.78, 5) is 26.1. The van der Waals surface area contributed by atoms with Crippen molar-refractivity contribution in [1.29, 1.82) is 0 Å². The van der Waals surface area contributed by atoms with Crippen molar-refractivity contribution in [3.05, 3.63) is 34.9 Å². The summed E-state index contributed by atoms with van der Waals surface area (Å²) in [6, 6.07) is 6.13. The summed E-state index contributed by atoms with van der Waals surface area (Å²) >= 11 is 0. The Balaban J connectivity index is 1.75. The molecule has 1 aliphatic heterocycles. The number of carbonyl (C=O) groups excluding carboxylic acids is 1. The van der Waals surface area contributed by atoms with Crippen molar-refractivity contribution in [3.63, 3.8) is 0 Å². The van der Waals surface area contributed by atoms with Gasteiger partial charge >= 0.3 is 5.97 Å². The van der Waals surface area contributed by atoms with Crippen LogP contribution in [0.3, 0.4) is 0 Å². The fraction of sp³-hybridized carbons (Fsp3) is 0.556. The van der Waals surface area contributed by atoms with E-state index in [0.29, 0.717) is 25.9 Å². The molecule has 1 saturated carbocycles. The SMILES string of the molecule is Cc1ccc(C)c(CC(=O)N2C[C@@H]3CCC[C@@]3(C(=O)O)C2)c1. The van der Waals surface area contributed by atoms with Crippen LogP contribution in [0, 0.1) is 25.2 Å². The standard InChI is InChI=1S/C18H23NO3/c1-12-5-6-13(2)14(8-12)9-16(20)19-10-15-4-3-7-18(15,11-19)17(21)22/h5-6,8,15H,3-4,7,9-11H2,1-2H3,(H,21,22)/t15-,18+/m0/s1. The van der Waals surface area contributed by atoms with Gasteiger partial charge in [0.2, 0.25) is 5.91 Å². The summed E-state index contributed by atoms with van der Waals surface area (Å²) in [6.07, 6.45) is 2.98. The molecule has 1 heterocycles. The van der Waals surface area contributed by atoms with E-state index in [4.69, 9.17) is 0 Å². The fourth-order valence-corrected chi connectivity index (χ4v) is 4.09. The van der Waals surface area contributed by atoms with Crippen LogP contribution < -0.4 is 0 Å². The van der Waals surface area contributed by atoms with Gasteiger partial charge in [-0.25, -0.2) is 0 Å². The van der Waals surface area contributed by atoms with Gasteiger partial charge in [0.15, 0.2) is 0 Å². The molecule has 2 atom stereocenters. The lowest BCUT2D eigenvalue weighted by atomic mass is 9.81. The van der Waals surface area contributed by atoms with Crippen LogP contribution >= 0.6 is 0 Å². The van der Waals surface area contributed by atoms with Crippen molar-refractivity contribution >= 4 is 11.9 Å². The first kappa shape index (κ1) is 15.1. The Morgan fingerprint density at radius 2 is 2.14 bits per heavy atom. The predicted octanol–water partition coefficient (Wildman–Crippen LogP) is 2.56. The van der Waals surface area contributed by atoms with Gasteiger partial charge in [0, 0.05) is 13.1 Å². The Labute approximate surface area is 131 Å². The molecule has 1 saturated heterocycles. The average molecular weight is 301 g/mol. The van der Waals surface area contributed by atoms with Crippen molar-refractivity contribution in [2.45, 2.75) is 39.5 Å². The third-order valence-corrected chi connectivity index (χ3v) is 5.50. The maximum atomic E-state index is 12.6. The Hall–Kier alpha value is -1.84. The van der Waals surface area contributed by atoms with Gasteiger partial charge < -0.3 is 10.0 Å². The van der Waals surface area contributed by atoms with Gasteiger partial charge in [-0.2, -0.15) is 0 Å². The van der Waals surface area contributed by atoms with Gasteiger partial charge in [0.1, 0.15) is 0 Å². The quantitative estimate of drug-likeness (QED) is 0.933. The molecule has 2 aliphatic rings. The minimum absolute atomic E-state index is 0.0590. The molecule has 0 radical (unpaired) electrons. The third-order valence-electron chi connectivity index (χ3n) is 5.50. The van der Waals surface area contributed by atoms with E-state index >= 15 is 0 Å². The number of hydrogen-bond donors (Lipinski definition) is 1. The van der Waals surface area contributed by atoms with E-state index in [1.807, 2.05) is 26.0 Å². The summed E-state index contributed by atoms with van der Waals surface area (Å²) in [5, 5.41) is 9.61. The van der Waals surface area contributed by atoms with Gasteiger partial charge in [-0.05, 0) is 43.7 Å². The second-order valence-electron chi connectivity index (χ2n) is 6.93. The summed E-state index contributed by atoms with van der Waals surface area (Å²) in [5.41, 5.74) is 2.63. The minimum atomic E-state index is -0.725. The van der Waals surface area contributed by atoms with Crippen LogP contribution in [0.1, 0.15) is 36.0 Å². The number of carboxylic acids is 1. The molecule has 0 spiro atoms. The summed E-state index contributed by atoms with van der Waals surface area (Å²) in [5.74, 6) is -0.534. The van der Waals surface area contributed by atoms with Gasteiger partial charge in [-0.3, -0.25) is 9.59 Å². The third kappa shape index (κ3) is 2.40. The Kier molecular flexibility index (Phi) is 3.71. The minimum Gasteiger partial charge on any atom is -0.481 e. The lowest BCUT2D eigenvalue weighted by Crippen LogP contribution is -2.37. The number of nitrogens with zero attached hydrogens (tertiary/aromatic N) is 1. The van der Waals surface area contributed by atoms with E-state index in [-0.39, 0.29) is 11.8 Å². The van der Waals surface area contributed by atoms with Crippen molar-refractivity contribution in [1.82, 2.24) is 4.90 Å². The Morgan fingerprint density at radius 3 is 2.82 bits per heavy atom. The van der Waals surface area contributed by atoms with Gasteiger partial charge in [0.05, 0.1) is 11.8 Å². The number of likely N-dealkylation sites (tertiary alicyclic amines) is 1. The molecule has 4 nitrogen and oxygen atoms in total. The largest absolute Gasteiger partial charge is 0.481 e. The maximum absolute atomic E-state index is 12.6. The van der Waals surface area contributed by atoms with E-state index in [0.717, 1.165) is 29.5 Å². The fourth-order valence-electron chi connectivity index (χ4n) is 4.09. The normalized spacial score (nSPS) is 27.0. The number of carbonyl (C=O) groups is 2. The zero-order valence-corrected chi connectivity index (χ0v) is 13.3. The molecule has 0 aromatic heterocycles. The molecule has 2 fully saturated rings. The van der Waals surface area contributed by atoms with Gasteiger partial charge in [-0.1, -0.05) is 30.2 Å².